The normalized spacial score (nSPS) is 10.3. The van der Waals surface area contributed by atoms with E-state index in [0.29, 0.717) is 12.4 Å². The summed E-state index contributed by atoms with van der Waals surface area (Å²) < 4.78 is 12.9. The van der Waals surface area contributed by atoms with Crippen LogP contribution in [0.15, 0.2) is 30.6 Å². The fourth-order valence-corrected chi connectivity index (χ4v) is 1.61. The second-order valence-electron chi connectivity index (χ2n) is 3.93. The minimum absolute atomic E-state index is 0.131. The molecule has 0 aliphatic heterocycles. The molecule has 1 heterocycles. The molecule has 3 N–H and O–H groups in total. The van der Waals surface area contributed by atoms with Gasteiger partial charge in [-0.05, 0) is 18.2 Å². The Bertz CT molecular complexity index is 553. The molecule has 5 nitrogen and oxygen atoms in total. The lowest BCUT2D eigenvalue weighted by Crippen LogP contribution is -2.27. The summed E-state index contributed by atoms with van der Waals surface area (Å²) in [5.41, 5.74) is 6.04. The molecule has 0 spiro atoms. The zero-order valence-electron chi connectivity index (χ0n) is 9.85. The largest absolute Gasteiger partial charge is 0.398 e. The van der Waals surface area contributed by atoms with Crippen LogP contribution < -0.4 is 5.73 Å². The van der Waals surface area contributed by atoms with Crippen molar-refractivity contribution in [1.29, 1.82) is 0 Å². The van der Waals surface area contributed by atoms with Crippen LogP contribution in [0.3, 0.4) is 0 Å². The minimum Gasteiger partial charge on any atom is -0.398 e. The van der Waals surface area contributed by atoms with Crippen molar-refractivity contribution < 1.29 is 9.18 Å². The first-order chi connectivity index (χ1) is 8.58. The Labute approximate surface area is 103 Å². The zero-order chi connectivity index (χ0) is 13.1. The molecule has 1 amide bonds. The molecule has 0 unspecified atom stereocenters. The van der Waals surface area contributed by atoms with Gasteiger partial charge in [0.25, 0.3) is 5.91 Å². The second kappa shape index (κ2) is 4.87. The Morgan fingerprint density at radius 1 is 1.56 bits per heavy atom. The summed E-state index contributed by atoms with van der Waals surface area (Å²) in [6, 6.07) is 3.73. The monoisotopic (exact) mass is 248 g/mol. The van der Waals surface area contributed by atoms with Gasteiger partial charge in [0, 0.05) is 25.1 Å². The summed E-state index contributed by atoms with van der Waals surface area (Å²) in [4.78, 5) is 20.5. The molecule has 0 aliphatic rings. The van der Waals surface area contributed by atoms with Gasteiger partial charge in [-0.15, -0.1) is 0 Å². The highest BCUT2D eigenvalue weighted by Crippen LogP contribution is 2.15. The van der Waals surface area contributed by atoms with Gasteiger partial charge in [-0.2, -0.15) is 0 Å². The van der Waals surface area contributed by atoms with Gasteiger partial charge >= 0.3 is 0 Å². The van der Waals surface area contributed by atoms with Crippen LogP contribution in [0.1, 0.15) is 16.2 Å². The van der Waals surface area contributed by atoms with Crippen LogP contribution in [-0.2, 0) is 6.54 Å². The van der Waals surface area contributed by atoms with E-state index in [1.54, 1.807) is 19.4 Å². The molecule has 1 aromatic carbocycles. The smallest absolute Gasteiger partial charge is 0.256 e. The summed E-state index contributed by atoms with van der Waals surface area (Å²) in [6.45, 7) is 0.336. The van der Waals surface area contributed by atoms with Crippen molar-refractivity contribution in [2.24, 2.45) is 0 Å². The van der Waals surface area contributed by atoms with E-state index >= 15 is 0 Å². The van der Waals surface area contributed by atoms with E-state index in [1.807, 2.05) is 0 Å². The third-order valence-electron chi connectivity index (χ3n) is 2.53. The Morgan fingerprint density at radius 2 is 2.33 bits per heavy atom. The first kappa shape index (κ1) is 12.1. The van der Waals surface area contributed by atoms with Gasteiger partial charge in [0.05, 0.1) is 12.1 Å². The Morgan fingerprint density at radius 3 is 2.94 bits per heavy atom. The highest BCUT2D eigenvalue weighted by Gasteiger charge is 2.15. The van der Waals surface area contributed by atoms with Crippen molar-refractivity contribution in [2.75, 3.05) is 12.8 Å². The van der Waals surface area contributed by atoms with Crippen LogP contribution >= 0.6 is 0 Å². The molecule has 0 saturated heterocycles. The third-order valence-corrected chi connectivity index (χ3v) is 2.53. The first-order valence-corrected chi connectivity index (χ1v) is 5.36. The molecule has 0 atom stereocenters. The van der Waals surface area contributed by atoms with E-state index in [0.717, 1.165) is 6.07 Å². The van der Waals surface area contributed by atoms with Gasteiger partial charge in [0.2, 0.25) is 0 Å². The summed E-state index contributed by atoms with van der Waals surface area (Å²) in [5, 5.41) is 0. The number of carbonyl (C=O) groups excluding carboxylic acids is 1. The molecular weight excluding hydrogens is 235 g/mol. The van der Waals surface area contributed by atoms with E-state index in [4.69, 9.17) is 5.73 Å². The van der Waals surface area contributed by atoms with Crippen LogP contribution in [-0.4, -0.2) is 27.8 Å². The van der Waals surface area contributed by atoms with Crippen LogP contribution in [0, 0.1) is 5.82 Å². The molecule has 0 saturated carbocycles. The SMILES string of the molecule is CN(Cc1ncc[nH]1)C(=O)c1ccc(F)cc1N. The molecule has 2 rings (SSSR count). The number of H-pyrrole nitrogens is 1. The Hall–Kier alpha value is -2.37. The molecule has 0 fully saturated rings. The minimum atomic E-state index is -0.460. The number of nitrogen functional groups attached to an aromatic ring is 1. The highest BCUT2D eigenvalue weighted by molar-refractivity contribution is 5.98. The number of nitrogens with two attached hydrogens (primary N) is 1. The lowest BCUT2D eigenvalue weighted by atomic mass is 10.1. The van der Waals surface area contributed by atoms with E-state index in [-0.39, 0.29) is 17.2 Å². The van der Waals surface area contributed by atoms with Crippen molar-refractivity contribution in [2.45, 2.75) is 6.54 Å². The lowest BCUT2D eigenvalue weighted by Gasteiger charge is -2.16. The number of imidazole rings is 1. The van der Waals surface area contributed by atoms with E-state index in [1.165, 1.54) is 17.0 Å². The fraction of sp³-hybridized carbons (Fsp3) is 0.167. The number of carbonyl (C=O) groups is 1. The van der Waals surface area contributed by atoms with Gasteiger partial charge in [0.1, 0.15) is 11.6 Å². The van der Waals surface area contributed by atoms with Crippen LogP contribution in [0.5, 0.6) is 0 Å². The number of anilines is 1. The van der Waals surface area contributed by atoms with E-state index in [9.17, 15) is 9.18 Å². The van der Waals surface area contributed by atoms with Gasteiger partial charge < -0.3 is 15.6 Å². The number of hydrogen-bond donors (Lipinski definition) is 2. The number of nitrogens with zero attached hydrogens (tertiary/aromatic N) is 2. The molecule has 18 heavy (non-hydrogen) atoms. The maximum Gasteiger partial charge on any atom is 0.256 e. The number of nitrogens with one attached hydrogen (secondary N) is 1. The van der Waals surface area contributed by atoms with Crippen molar-refractivity contribution in [3.8, 4) is 0 Å². The second-order valence-corrected chi connectivity index (χ2v) is 3.93. The average molecular weight is 248 g/mol. The summed E-state index contributed by atoms with van der Waals surface area (Å²) in [5.74, 6) is -0.0619. The highest BCUT2D eigenvalue weighted by atomic mass is 19.1. The first-order valence-electron chi connectivity index (χ1n) is 5.36. The van der Waals surface area contributed by atoms with Crippen molar-refractivity contribution in [1.82, 2.24) is 14.9 Å². The van der Waals surface area contributed by atoms with Crippen molar-refractivity contribution >= 4 is 11.6 Å². The number of aromatic nitrogens is 2. The molecule has 94 valence electrons. The number of benzene rings is 1. The Kier molecular flexibility index (Phi) is 3.27. The topological polar surface area (TPSA) is 75.0 Å². The van der Waals surface area contributed by atoms with Crippen LogP contribution in [0.4, 0.5) is 10.1 Å². The van der Waals surface area contributed by atoms with Crippen LogP contribution in [0.2, 0.25) is 0 Å². The maximum atomic E-state index is 12.9. The summed E-state index contributed by atoms with van der Waals surface area (Å²) >= 11 is 0. The third kappa shape index (κ3) is 2.48. The quantitative estimate of drug-likeness (QED) is 0.806. The number of amides is 1. The molecule has 0 radical (unpaired) electrons. The molecule has 0 aliphatic carbocycles. The Balaban J connectivity index is 2.15. The van der Waals surface area contributed by atoms with Gasteiger partial charge in [-0.25, -0.2) is 9.37 Å². The molecule has 1 aromatic heterocycles. The standard InChI is InChI=1S/C12H13FN4O/c1-17(7-11-15-4-5-16-11)12(18)9-3-2-8(13)6-10(9)14/h2-6H,7,14H2,1H3,(H,15,16). The summed E-state index contributed by atoms with van der Waals surface area (Å²) in [6.07, 6.45) is 3.29. The molecule has 6 heteroatoms. The average Bonchev–Trinajstić information content (AvgIpc) is 2.81. The molecular formula is C12H13FN4O. The zero-order valence-corrected chi connectivity index (χ0v) is 9.85. The maximum absolute atomic E-state index is 12.9. The van der Waals surface area contributed by atoms with Gasteiger partial charge in [0.15, 0.2) is 0 Å². The number of hydrogen-bond acceptors (Lipinski definition) is 3. The molecule has 0 bridgehead atoms. The number of rotatable bonds is 3. The van der Waals surface area contributed by atoms with Gasteiger partial charge in [-0.3, -0.25) is 4.79 Å². The fourth-order valence-electron chi connectivity index (χ4n) is 1.61. The van der Waals surface area contributed by atoms with E-state index < -0.39 is 5.82 Å². The molecule has 2 aromatic rings. The summed E-state index contributed by atoms with van der Waals surface area (Å²) in [7, 11) is 1.63. The van der Waals surface area contributed by atoms with Crippen molar-refractivity contribution in [3.63, 3.8) is 0 Å². The van der Waals surface area contributed by atoms with Crippen molar-refractivity contribution in [3.05, 3.63) is 47.8 Å². The number of halogens is 1. The lowest BCUT2D eigenvalue weighted by molar-refractivity contribution is 0.0783. The van der Waals surface area contributed by atoms with Gasteiger partial charge in [-0.1, -0.05) is 0 Å². The predicted molar refractivity (Wildman–Crippen MR) is 65.2 cm³/mol. The predicted octanol–water partition coefficient (Wildman–Crippen LogP) is 1.40. The van der Waals surface area contributed by atoms with E-state index in [2.05, 4.69) is 9.97 Å². The van der Waals surface area contributed by atoms with Crippen LogP contribution in [0.25, 0.3) is 0 Å². The number of aromatic amines is 1.